The molecule has 0 aromatic carbocycles. The average Bonchev–Trinajstić information content (AvgIpc) is 2.21. The minimum Gasteiger partial charge on any atom is -0.480 e. The molecular formula is C12H24N2O4S. The van der Waals surface area contributed by atoms with E-state index in [-0.39, 0.29) is 12.6 Å². The summed E-state index contributed by atoms with van der Waals surface area (Å²) >= 11 is 0. The van der Waals surface area contributed by atoms with Crippen molar-refractivity contribution in [1.29, 1.82) is 0 Å². The van der Waals surface area contributed by atoms with Crippen LogP contribution in [0.15, 0.2) is 0 Å². The number of hydrogen-bond acceptors (Lipinski definition) is 3. The Bertz CT molecular complexity index is 352. The number of amides is 2. The molecule has 0 fully saturated rings. The number of urea groups is 1. The summed E-state index contributed by atoms with van der Waals surface area (Å²) in [6.45, 7) is 6.80. The Morgan fingerprint density at radius 1 is 1.37 bits per heavy atom. The van der Waals surface area contributed by atoms with Crippen molar-refractivity contribution in [2.75, 3.05) is 18.6 Å². The maximum absolute atomic E-state index is 12.1. The quantitative estimate of drug-likeness (QED) is 0.766. The molecule has 0 rings (SSSR count). The van der Waals surface area contributed by atoms with Crippen LogP contribution in [0.2, 0.25) is 0 Å². The van der Waals surface area contributed by atoms with Gasteiger partial charge in [0.05, 0.1) is 0 Å². The molecule has 6 nitrogen and oxygen atoms in total. The average molecular weight is 292 g/mol. The van der Waals surface area contributed by atoms with E-state index in [0.29, 0.717) is 12.2 Å². The van der Waals surface area contributed by atoms with Gasteiger partial charge in [0, 0.05) is 34.4 Å². The lowest BCUT2D eigenvalue weighted by Gasteiger charge is -2.35. The van der Waals surface area contributed by atoms with Crippen LogP contribution in [0.4, 0.5) is 4.79 Å². The van der Waals surface area contributed by atoms with E-state index in [1.165, 1.54) is 4.90 Å². The van der Waals surface area contributed by atoms with Crippen LogP contribution in [0.1, 0.15) is 34.1 Å². The molecule has 0 aliphatic rings. The predicted molar refractivity (Wildman–Crippen MR) is 75.6 cm³/mol. The van der Waals surface area contributed by atoms with Crippen molar-refractivity contribution in [3.05, 3.63) is 0 Å². The Balaban J connectivity index is 4.56. The van der Waals surface area contributed by atoms with Crippen LogP contribution in [-0.2, 0) is 15.6 Å². The molecular weight excluding hydrogens is 268 g/mol. The molecule has 0 radical (unpaired) electrons. The van der Waals surface area contributed by atoms with E-state index in [1.54, 1.807) is 27.0 Å². The highest BCUT2D eigenvalue weighted by atomic mass is 32.2. The topological polar surface area (TPSA) is 86.7 Å². The second-order valence-electron chi connectivity index (χ2n) is 5.57. The van der Waals surface area contributed by atoms with Crippen molar-refractivity contribution < 1.29 is 18.9 Å². The van der Waals surface area contributed by atoms with Gasteiger partial charge in [-0.3, -0.25) is 9.00 Å². The second kappa shape index (κ2) is 7.47. The van der Waals surface area contributed by atoms with Gasteiger partial charge < -0.3 is 15.3 Å². The number of nitrogens with one attached hydrogen (secondary N) is 1. The van der Waals surface area contributed by atoms with Gasteiger partial charge in [0.1, 0.15) is 6.54 Å². The molecule has 0 saturated carbocycles. The van der Waals surface area contributed by atoms with Gasteiger partial charge in [-0.2, -0.15) is 0 Å². The summed E-state index contributed by atoms with van der Waals surface area (Å²) in [5.41, 5.74) is -0.574. The van der Waals surface area contributed by atoms with E-state index in [9.17, 15) is 13.8 Å². The van der Waals surface area contributed by atoms with E-state index >= 15 is 0 Å². The van der Waals surface area contributed by atoms with Gasteiger partial charge in [-0.1, -0.05) is 0 Å². The van der Waals surface area contributed by atoms with E-state index in [4.69, 9.17) is 5.11 Å². The van der Waals surface area contributed by atoms with Crippen molar-refractivity contribution >= 4 is 22.8 Å². The number of nitrogens with zero attached hydrogens (tertiary/aromatic N) is 1. The third kappa shape index (κ3) is 7.81. The molecule has 7 heteroatoms. The molecule has 0 aromatic heterocycles. The van der Waals surface area contributed by atoms with Crippen molar-refractivity contribution in [3.8, 4) is 0 Å². The van der Waals surface area contributed by atoms with Crippen LogP contribution >= 0.6 is 0 Å². The minimum atomic E-state index is -1.05. The maximum Gasteiger partial charge on any atom is 0.323 e. The zero-order valence-corrected chi connectivity index (χ0v) is 13.0. The Hall–Kier alpha value is -1.11. The van der Waals surface area contributed by atoms with E-state index in [1.807, 2.05) is 6.92 Å². The fourth-order valence-corrected chi connectivity index (χ4v) is 2.14. The van der Waals surface area contributed by atoms with Gasteiger partial charge in [-0.15, -0.1) is 0 Å². The number of hydrogen-bond donors (Lipinski definition) is 2. The zero-order valence-electron chi connectivity index (χ0n) is 12.2. The van der Waals surface area contributed by atoms with Crippen molar-refractivity contribution in [2.24, 2.45) is 0 Å². The molecule has 2 N–H and O–H groups in total. The van der Waals surface area contributed by atoms with Crippen molar-refractivity contribution in [3.63, 3.8) is 0 Å². The number of carboxylic acids is 1. The zero-order chi connectivity index (χ0) is 15.2. The van der Waals surface area contributed by atoms with Crippen LogP contribution in [-0.4, -0.2) is 56.3 Å². The van der Waals surface area contributed by atoms with Crippen molar-refractivity contribution in [1.82, 2.24) is 10.2 Å². The Morgan fingerprint density at radius 3 is 2.26 bits per heavy atom. The fraction of sp³-hybridized carbons (Fsp3) is 0.833. The van der Waals surface area contributed by atoms with Gasteiger partial charge in [0.2, 0.25) is 0 Å². The molecule has 0 bridgehead atoms. The Morgan fingerprint density at radius 2 is 1.89 bits per heavy atom. The first-order valence-corrected chi connectivity index (χ1v) is 7.86. The summed E-state index contributed by atoms with van der Waals surface area (Å²) in [7, 11) is -0.897. The van der Waals surface area contributed by atoms with Crippen LogP contribution in [0.3, 0.4) is 0 Å². The fourth-order valence-electron chi connectivity index (χ4n) is 1.45. The van der Waals surface area contributed by atoms with Crippen molar-refractivity contribution in [2.45, 2.75) is 45.7 Å². The summed E-state index contributed by atoms with van der Waals surface area (Å²) in [5, 5.41) is 11.6. The first kappa shape index (κ1) is 17.9. The molecule has 19 heavy (non-hydrogen) atoms. The third-order valence-electron chi connectivity index (χ3n) is 2.56. The Kier molecular flexibility index (Phi) is 7.04. The second-order valence-corrected chi connectivity index (χ2v) is 7.12. The smallest absolute Gasteiger partial charge is 0.323 e. The number of aliphatic carboxylic acids is 1. The molecule has 0 saturated heterocycles. The van der Waals surface area contributed by atoms with Crippen LogP contribution < -0.4 is 5.32 Å². The maximum atomic E-state index is 12.1. The summed E-state index contributed by atoms with van der Waals surface area (Å²) in [6, 6.07) is -0.556. The molecule has 0 aliphatic carbocycles. The largest absolute Gasteiger partial charge is 0.480 e. The Labute approximate surface area is 117 Å². The third-order valence-corrected chi connectivity index (χ3v) is 3.37. The normalized spacial score (nSPS) is 14.6. The number of carbonyl (C=O) groups is 2. The number of rotatable bonds is 6. The van der Waals surface area contributed by atoms with Gasteiger partial charge in [0.25, 0.3) is 0 Å². The van der Waals surface area contributed by atoms with E-state index in [2.05, 4.69) is 5.32 Å². The molecule has 2 unspecified atom stereocenters. The SMILES string of the molecule is CC(CCS(C)=O)NC(=O)N(CC(=O)O)C(C)(C)C. The minimum absolute atomic E-state index is 0.143. The lowest BCUT2D eigenvalue weighted by molar-refractivity contribution is -0.138. The van der Waals surface area contributed by atoms with E-state index < -0.39 is 28.3 Å². The predicted octanol–water partition coefficient (Wildman–Crippen LogP) is 1.04. The standard InChI is InChI=1S/C12H24N2O4S/c1-9(6-7-19(5)18)13-11(17)14(8-10(15)16)12(2,3)4/h9H,6-8H2,1-5H3,(H,13,17)(H,15,16). The first-order chi connectivity index (χ1) is 8.54. The summed E-state index contributed by atoms with van der Waals surface area (Å²) < 4.78 is 11.0. The molecule has 112 valence electrons. The summed E-state index contributed by atoms with van der Waals surface area (Å²) in [6.07, 6.45) is 2.21. The lowest BCUT2D eigenvalue weighted by Crippen LogP contribution is -2.54. The van der Waals surface area contributed by atoms with Gasteiger partial charge in [-0.05, 0) is 34.1 Å². The first-order valence-electron chi connectivity index (χ1n) is 6.14. The number of carboxylic acid groups (broad SMARTS) is 1. The number of carbonyl (C=O) groups excluding carboxylic acids is 1. The highest BCUT2D eigenvalue weighted by Gasteiger charge is 2.28. The summed E-state index contributed by atoms with van der Waals surface area (Å²) in [4.78, 5) is 24.1. The van der Waals surface area contributed by atoms with Crippen LogP contribution in [0.25, 0.3) is 0 Å². The molecule has 0 aliphatic heterocycles. The molecule has 0 heterocycles. The lowest BCUT2D eigenvalue weighted by atomic mass is 10.1. The summed E-state index contributed by atoms with van der Waals surface area (Å²) in [5.74, 6) is -0.539. The van der Waals surface area contributed by atoms with Crippen LogP contribution in [0.5, 0.6) is 0 Å². The molecule has 0 aromatic rings. The molecule has 2 amide bonds. The molecule has 2 atom stereocenters. The van der Waals surface area contributed by atoms with E-state index in [0.717, 1.165) is 0 Å². The highest BCUT2D eigenvalue weighted by Crippen LogP contribution is 2.13. The highest BCUT2D eigenvalue weighted by molar-refractivity contribution is 7.84. The van der Waals surface area contributed by atoms with Gasteiger partial charge in [0.15, 0.2) is 0 Å². The van der Waals surface area contributed by atoms with Gasteiger partial charge >= 0.3 is 12.0 Å². The molecule has 0 spiro atoms. The van der Waals surface area contributed by atoms with Gasteiger partial charge in [-0.25, -0.2) is 4.79 Å². The van der Waals surface area contributed by atoms with Crippen LogP contribution in [0, 0.1) is 0 Å². The monoisotopic (exact) mass is 292 g/mol.